The van der Waals surface area contributed by atoms with E-state index in [9.17, 15) is 4.79 Å². The number of esters is 1. The third-order valence-electron chi connectivity index (χ3n) is 5.31. The van der Waals surface area contributed by atoms with Crippen molar-refractivity contribution in [1.82, 2.24) is 10.2 Å². The maximum absolute atomic E-state index is 11.6. The monoisotopic (exact) mass is 484 g/mol. The molecule has 4 nitrogen and oxygen atoms in total. The summed E-state index contributed by atoms with van der Waals surface area (Å²) in [5.74, 6) is -0.122. The number of aromatic nitrogens is 2. The molecule has 0 radical (unpaired) electrons. The fourth-order valence-corrected chi connectivity index (χ4v) is 3.39. The number of nitrogens with one attached hydrogen (secondary N) is 1. The maximum atomic E-state index is 11.6. The Balaban J connectivity index is 0.000000342. The Morgan fingerprint density at radius 1 is 1.18 bits per heavy atom. The Labute approximate surface area is 211 Å². The Bertz CT molecular complexity index is 986. The van der Waals surface area contributed by atoms with Crippen molar-refractivity contribution < 1.29 is 9.53 Å². The van der Waals surface area contributed by atoms with Gasteiger partial charge in [-0.3, -0.25) is 9.89 Å². The third-order valence-corrected chi connectivity index (χ3v) is 5.73. The minimum atomic E-state index is -0.148. The van der Waals surface area contributed by atoms with Gasteiger partial charge in [0.25, 0.3) is 0 Å². The van der Waals surface area contributed by atoms with Gasteiger partial charge in [-0.1, -0.05) is 75.2 Å². The topological polar surface area (TPSA) is 55.0 Å². The van der Waals surface area contributed by atoms with Crippen molar-refractivity contribution in [2.75, 3.05) is 0 Å². The summed E-state index contributed by atoms with van der Waals surface area (Å²) in [6.45, 7) is 14.3. The number of benzene rings is 1. The van der Waals surface area contributed by atoms with E-state index < -0.39 is 0 Å². The van der Waals surface area contributed by atoms with Crippen molar-refractivity contribution in [3.8, 4) is 0 Å². The lowest BCUT2D eigenvalue weighted by atomic mass is 10.0. The van der Waals surface area contributed by atoms with Crippen molar-refractivity contribution in [3.05, 3.63) is 81.7 Å². The molecule has 1 heterocycles. The lowest BCUT2D eigenvalue weighted by molar-refractivity contribution is -0.149. The van der Waals surface area contributed by atoms with Gasteiger partial charge in [-0.05, 0) is 75.8 Å². The smallest absolute Gasteiger partial charge is 0.306 e. The van der Waals surface area contributed by atoms with E-state index in [1.165, 1.54) is 11.1 Å². The van der Waals surface area contributed by atoms with E-state index in [0.717, 1.165) is 53.2 Å². The Morgan fingerprint density at radius 3 is 2.44 bits per heavy atom. The Kier molecular flexibility index (Phi) is 13.9. The zero-order chi connectivity index (χ0) is 25.5. The molecule has 0 bridgehead atoms. The molecule has 0 aliphatic carbocycles. The molecule has 1 aromatic carbocycles. The molecule has 0 aliphatic heterocycles. The van der Waals surface area contributed by atoms with Gasteiger partial charge in [0.05, 0.1) is 5.69 Å². The lowest BCUT2D eigenvalue weighted by Gasteiger charge is -2.18. The minimum absolute atomic E-state index is 0.122. The van der Waals surface area contributed by atoms with Crippen LogP contribution in [0.5, 0.6) is 0 Å². The normalized spacial score (nSPS) is 12.9. The van der Waals surface area contributed by atoms with Crippen LogP contribution in [0, 0.1) is 13.8 Å². The summed E-state index contributed by atoms with van der Waals surface area (Å²) in [5, 5.41) is 8.02. The molecular weight excluding hydrogens is 444 g/mol. The van der Waals surface area contributed by atoms with Gasteiger partial charge in [-0.25, -0.2) is 0 Å². The van der Waals surface area contributed by atoms with E-state index in [1.54, 1.807) is 0 Å². The molecule has 0 aliphatic rings. The van der Waals surface area contributed by atoms with Gasteiger partial charge < -0.3 is 4.74 Å². The molecule has 1 atom stereocenters. The van der Waals surface area contributed by atoms with Crippen LogP contribution >= 0.6 is 11.6 Å². The highest BCUT2D eigenvalue weighted by Gasteiger charge is 2.16. The summed E-state index contributed by atoms with van der Waals surface area (Å²) in [6.07, 6.45) is 12.5. The van der Waals surface area contributed by atoms with Crippen molar-refractivity contribution in [3.63, 3.8) is 0 Å². The number of aryl methyl sites for hydroxylation is 2. The summed E-state index contributed by atoms with van der Waals surface area (Å²) in [4.78, 5) is 11.6. The maximum Gasteiger partial charge on any atom is 0.306 e. The zero-order valence-corrected chi connectivity index (χ0v) is 22.6. The Morgan fingerprint density at radius 2 is 1.91 bits per heavy atom. The van der Waals surface area contributed by atoms with E-state index in [1.807, 2.05) is 45.9 Å². The van der Waals surface area contributed by atoms with Crippen LogP contribution in [0.2, 0.25) is 5.02 Å². The number of carbonyl (C=O) groups excluding carboxylic acids is 1. The second-order valence-electron chi connectivity index (χ2n) is 8.35. The molecule has 1 unspecified atom stereocenters. The van der Waals surface area contributed by atoms with E-state index in [-0.39, 0.29) is 12.1 Å². The fraction of sp³-hybridized carbons (Fsp3) is 0.448. The van der Waals surface area contributed by atoms with Crippen LogP contribution in [0.3, 0.4) is 0 Å². The van der Waals surface area contributed by atoms with Gasteiger partial charge >= 0.3 is 5.97 Å². The number of allylic oxidation sites excluding steroid dienone is 6. The van der Waals surface area contributed by atoms with Crippen molar-refractivity contribution in [2.45, 2.75) is 86.7 Å². The molecule has 2 rings (SSSR count). The SMILES string of the molecule is CCCC(=O)OC(CCC)c1ccc(Cl)c(C)c1.C\C=C(C)/C(=C\C=C\CC)c1cc(C)[nH]n1. The van der Waals surface area contributed by atoms with Crippen molar-refractivity contribution in [1.29, 1.82) is 0 Å². The molecule has 0 amide bonds. The summed E-state index contributed by atoms with van der Waals surface area (Å²) in [6, 6.07) is 7.87. The predicted octanol–water partition coefficient (Wildman–Crippen LogP) is 8.87. The number of aromatic amines is 1. The number of hydrogen-bond acceptors (Lipinski definition) is 3. The van der Waals surface area contributed by atoms with Gasteiger partial charge in [0.15, 0.2) is 0 Å². The number of rotatable bonds is 10. The van der Waals surface area contributed by atoms with Crippen LogP contribution in [0.4, 0.5) is 0 Å². The summed E-state index contributed by atoms with van der Waals surface area (Å²) >= 11 is 6.01. The molecule has 1 aromatic heterocycles. The third kappa shape index (κ3) is 10.1. The van der Waals surface area contributed by atoms with E-state index >= 15 is 0 Å². The highest BCUT2D eigenvalue weighted by Crippen LogP contribution is 2.27. The van der Waals surface area contributed by atoms with Crippen LogP contribution in [0.15, 0.2) is 54.1 Å². The highest BCUT2D eigenvalue weighted by molar-refractivity contribution is 6.31. The first kappa shape index (κ1) is 29.4. The summed E-state index contributed by atoms with van der Waals surface area (Å²) < 4.78 is 5.53. The average molecular weight is 485 g/mol. The summed E-state index contributed by atoms with van der Waals surface area (Å²) in [5.41, 5.74) is 6.56. The molecule has 186 valence electrons. The molecule has 0 fully saturated rings. The van der Waals surface area contributed by atoms with Gasteiger partial charge in [-0.15, -0.1) is 0 Å². The van der Waals surface area contributed by atoms with Crippen LogP contribution in [0.1, 0.15) is 95.3 Å². The average Bonchev–Trinajstić information content (AvgIpc) is 3.24. The summed E-state index contributed by atoms with van der Waals surface area (Å²) in [7, 11) is 0. The van der Waals surface area contributed by atoms with E-state index in [4.69, 9.17) is 16.3 Å². The molecule has 5 heteroatoms. The molecular formula is C29H41ClN2O2. The minimum Gasteiger partial charge on any atom is -0.457 e. The first-order chi connectivity index (χ1) is 16.3. The lowest BCUT2D eigenvalue weighted by Crippen LogP contribution is -2.11. The quantitative estimate of drug-likeness (QED) is 0.270. The van der Waals surface area contributed by atoms with Gasteiger partial charge in [-0.2, -0.15) is 5.10 Å². The molecule has 0 saturated heterocycles. The van der Waals surface area contributed by atoms with E-state index in [2.05, 4.69) is 61.3 Å². The van der Waals surface area contributed by atoms with Crippen LogP contribution in [-0.2, 0) is 9.53 Å². The number of halogens is 1. The number of carbonyl (C=O) groups is 1. The highest BCUT2D eigenvalue weighted by atomic mass is 35.5. The molecule has 1 N–H and O–H groups in total. The largest absolute Gasteiger partial charge is 0.457 e. The van der Waals surface area contributed by atoms with Gasteiger partial charge in [0, 0.05) is 22.7 Å². The molecule has 34 heavy (non-hydrogen) atoms. The zero-order valence-electron chi connectivity index (χ0n) is 21.9. The first-order valence-electron chi connectivity index (χ1n) is 12.2. The van der Waals surface area contributed by atoms with Crippen LogP contribution in [0.25, 0.3) is 5.57 Å². The molecule has 2 aromatic rings. The van der Waals surface area contributed by atoms with Crippen LogP contribution in [-0.4, -0.2) is 16.2 Å². The Hall–Kier alpha value is -2.59. The second-order valence-corrected chi connectivity index (χ2v) is 8.76. The molecule has 0 spiro atoms. The second kappa shape index (κ2) is 16.1. The van der Waals surface area contributed by atoms with Gasteiger partial charge in [0.1, 0.15) is 6.10 Å². The van der Waals surface area contributed by atoms with Gasteiger partial charge in [0.2, 0.25) is 0 Å². The standard InChI is InChI=1S/C15H21ClO2.C14H20N2/c1-4-6-14(18-15(17)7-5-2)12-8-9-13(16)11(3)10-12;1-5-7-8-9-13(11(3)6-2)14-10-12(4)15-16-14/h8-10,14H,4-7H2,1-3H3;6-10H,5H2,1-4H3,(H,15,16)/b;8-7+,11-6-,13-9+. The fourth-order valence-electron chi connectivity index (χ4n) is 3.28. The van der Waals surface area contributed by atoms with Crippen LogP contribution < -0.4 is 0 Å². The van der Waals surface area contributed by atoms with Crippen molar-refractivity contribution in [2.24, 2.45) is 0 Å². The number of hydrogen-bond donors (Lipinski definition) is 1. The first-order valence-corrected chi connectivity index (χ1v) is 12.6. The van der Waals surface area contributed by atoms with E-state index in [0.29, 0.717) is 6.42 Å². The van der Waals surface area contributed by atoms with Crippen molar-refractivity contribution >= 4 is 23.1 Å². The number of H-pyrrole nitrogens is 1. The number of ether oxygens (including phenoxy) is 1. The number of nitrogens with zero attached hydrogens (tertiary/aromatic N) is 1. The molecule has 0 saturated carbocycles. The predicted molar refractivity (Wildman–Crippen MR) is 145 cm³/mol.